The maximum Gasteiger partial charge on any atom is 0.279 e. The number of carbonyl (C=O) groups excluding carboxylic acids is 1. The molecule has 0 aliphatic rings. The molecule has 3 rings (SSSR count). The molecule has 2 aromatic carbocycles. The summed E-state index contributed by atoms with van der Waals surface area (Å²) in [5.74, 6) is -0.596. The smallest absolute Gasteiger partial charge is 0.279 e. The number of nitrogens with zero attached hydrogens (tertiary/aromatic N) is 2. The van der Waals surface area contributed by atoms with Crippen LogP contribution in [0.5, 0.6) is 17.2 Å². The Balaban J connectivity index is 2.26. The third-order valence-electron chi connectivity index (χ3n) is 4.35. The van der Waals surface area contributed by atoms with Gasteiger partial charge >= 0.3 is 0 Å². The van der Waals surface area contributed by atoms with Crippen molar-refractivity contribution < 1.29 is 24.7 Å². The lowest BCUT2D eigenvalue weighted by atomic mass is 9.95. The van der Waals surface area contributed by atoms with Crippen molar-refractivity contribution in [1.29, 1.82) is 0 Å². The second-order valence-electron chi connectivity index (χ2n) is 6.28. The molecule has 3 N–H and O–H groups in total. The number of benzene rings is 2. The van der Waals surface area contributed by atoms with Gasteiger partial charge in [-0.05, 0) is 36.8 Å². The number of ether oxygens (including phenoxy) is 1. The van der Waals surface area contributed by atoms with E-state index in [1.165, 1.54) is 49.5 Å². The number of carbonyl (C=O) groups is 1. The molecule has 9 nitrogen and oxygen atoms in total. The van der Waals surface area contributed by atoms with E-state index in [4.69, 9.17) is 4.74 Å². The summed E-state index contributed by atoms with van der Waals surface area (Å²) in [6, 6.07) is 7.74. The minimum Gasteiger partial charge on any atom is -0.505 e. The molecule has 0 fully saturated rings. The van der Waals surface area contributed by atoms with Gasteiger partial charge in [-0.15, -0.1) is 0 Å². The molecule has 1 amide bonds. The molecule has 0 unspecified atom stereocenters. The fourth-order valence-electron chi connectivity index (χ4n) is 3.13. The molecular weight excluding hydrogens is 378 g/mol. The number of nitrogens with one attached hydrogen (secondary N) is 1. The molecule has 0 aliphatic carbocycles. The van der Waals surface area contributed by atoms with E-state index >= 15 is 0 Å². The van der Waals surface area contributed by atoms with E-state index in [1.807, 2.05) is 0 Å². The average molecular weight is 397 g/mol. The number of hydrogen-bond acceptors (Lipinski definition) is 7. The molecule has 29 heavy (non-hydrogen) atoms. The first-order valence-electron chi connectivity index (χ1n) is 8.81. The number of nitro groups is 1. The lowest BCUT2D eigenvalue weighted by Gasteiger charge is -2.21. The van der Waals surface area contributed by atoms with Gasteiger partial charge in [-0.2, -0.15) is 0 Å². The molecule has 9 heteroatoms. The van der Waals surface area contributed by atoms with Gasteiger partial charge in [0.25, 0.3) is 5.69 Å². The van der Waals surface area contributed by atoms with Crippen LogP contribution in [-0.2, 0) is 4.79 Å². The van der Waals surface area contributed by atoms with E-state index in [2.05, 4.69) is 10.3 Å². The number of aromatic nitrogens is 1. The molecule has 1 heterocycles. The van der Waals surface area contributed by atoms with Gasteiger partial charge in [0.1, 0.15) is 11.3 Å². The average Bonchev–Trinajstić information content (AvgIpc) is 2.68. The molecule has 3 aromatic rings. The number of hydrogen-bond donors (Lipinski definition) is 3. The van der Waals surface area contributed by atoms with Gasteiger partial charge in [-0.3, -0.25) is 19.9 Å². The van der Waals surface area contributed by atoms with Gasteiger partial charge < -0.3 is 20.3 Å². The van der Waals surface area contributed by atoms with E-state index in [-0.39, 0.29) is 39.4 Å². The molecule has 150 valence electrons. The summed E-state index contributed by atoms with van der Waals surface area (Å²) in [4.78, 5) is 26.9. The number of fused-ring (bicyclic) bond motifs is 1. The third-order valence-corrected chi connectivity index (χ3v) is 4.35. The van der Waals surface area contributed by atoms with Crippen molar-refractivity contribution in [1.82, 2.24) is 10.3 Å². The molecule has 0 saturated carbocycles. The van der Waals surface area contributed by atoms with E-state index in [0.29, 0.717) is 12.2 Å². The minimum atomic E-state index is -0.933. The Morgan fingerprint density at radius 2 is 2.07 bits per heavy atom. The van der Waals surface area contributed by atoms with E-state index in [0.717, 1.165) is 0 Å². The molecule has 0 bridgehead atoms. The van der Waals surface area contributed by atoms with Crippen LogP contribution in [0, 0.1) is 10.1 Å². The summed E-state index contributed by atoms with van der Waals surface area (Å²) in [5, 5.41) is 35.2. The zero-order valence-electron chi connectivity index (χ0n) is 15.7. The van der Waals surface area contributed by atoms with Crippen LogP contribution >= 0.6 is 0 Å². The van der Waals surface area contributed by atoms with E-state index < -0.39 is 16.9 Å². The second kappa shape index (κ2) is 8.01. The van der Waals surface area contributed by atoms with Crippen molar-refractivity contribution in [2.24, 2.45) is 0 Å². The van der Waals surface area contributed by atoms with Crippen LogP contribution < -0.4 is 10.1 Å². The number of pyridine rings is 1. The number of aromatic hydroxyl groups is 2. The Kier molecular flexibility index (Phi) is 5.49. The highest BCUT2D eigenvalue weighted by molar-refractivity contribution is 5.93. The van der Waals surface area contributed by atoms with Crippen molar-refractivity contribution in [3.8, 4) is 17.2 Å². The zero-order valence-corrected chi connectivity index (χ0v) is 15.7. The van der Waals surface area contributed by atoms with Crippen molar-refractivity contribution in [3.63, 3.8) is 0 Å². The third kappa shape index (κ3) is 3.88. The largest absolute Gasteiger partial charge is 0.505 e. The topological polar surface area (TPSA) is 135 Å². The lowest BCUT2D eigenvalue weighted by Crippen LogP contribution is -2.27. The first-order valence-corrected chi connectivity index (χ1v) is 8.81. The number of rotatable bonds is 6. The highest BCUT2D eigenvalue weighted by Gasteiger charge is 2.27. The highest BCUT2D eigenvalue weighted by Crippen LogP contribution is 2.40. The number of nitro benzene ring substituents is 1. The summed E-state index contributed by atoms with van der Waals surface area (Å²) in [6.45, 7) is 3.35. The lowest BCUT2D eigenvalue weighted by molar-refractivity contribution is -0.383. The number of non-ortho nitro benzene ring substituents is 1. The molecule has 0 saturated heterocycles. The number of phenolic OH excluding ortho intramolecular Hbond substituents is 2. The Hall–Kier alpha value is -3.88. The first kappa shape index (κ1) is 19.9. The fraction of sp³-hybridized carbons (Fsp3) is 0.200. The Bertz CT molecular complexity index is 1100. The first-order chi connectivity index (χ1) is 13.8. The predicted molar refractivity (Wildman–Crippen MR) is 105 cm³/mol. The van der Waals surface area contributed by atoms with Gasteiger partial charge in [0.15, 0.2) is 11.5 Å². The summed E-state index contributed by atoms with van der Waals surface area (Å²) >= 11 is 0. The predicted octanol–water partition coefficient (Wildman–Crippen LogP) is 3.18. The van der Waals surface area contributed by atoms with Gasteiger partial charge in [0, 0.05) is 24.8 Å². The van der Waals surface area contributed by atoms with Gasteiger partial charge in [-0.1, -0.05) is 6.07 Å². The Morgan fingerprint density at radius 3 is 2.72 bits per heavy atom. The second-order valence-corrected chi connectivity index (χ2v) is 6.28. The van der Waals surface area contributed by atoms with E-state index in [1.54, 1.807) is 6.92 Å². The van der Waals surface area contributed by atoms with Crippen LogP contribution in [0.25, 0.3) is 10.9 Å². The molecular formula is C20H19N3O6. The van der Waals surface area contributed by atoms with Crippen molar-refractivity contribution in [2.45, 2.75) is 19.9 Å². The summed E-state index contributed by atoms with van der Waals surface area (Å²) in [6.07, 6.45) is 1.41. The summed E-state index contributed by atoms with van der Waals surface area (Å²) in [7, 11) is 0. The number of phenols is 2. The Labute approximate surface area is 165 Å². The van der Waals surface area contributed by atoms with Crippen LogP contribution in [-0.4, -0.2) is 32.6 Å². The zero-order chi connectivity index (χ0) is 21.1. The molecule has 0 radical (unpaired) electrons. The quantitative estimate of drug-likeness (QED) is 0.429. The van der Waals surface area contributed by atoms with Crippen molar-refractivity contribution >= 4 is 22.5 Å². The monoisotopic (exact) mass is 397 g/mol. The molecule has 0 aliphatic heterocycles. The highest BCUT2D eigenvalue weighted by atomic mass is 16.6. The van der Waals surface area contributed by atoms with Gasteiger partial charge in [0.2, 0.25) is 5.91 Å². The fourth-order valence-corrected chi connectivity index (χ4v) is 3.13. The SMILES string of the molecule is CCOc1cc([C@@H](NC(C)=O)c2cc([N+](=O)[O-])c3cccnc3c2O)ccc1O. The standard InChI is InChI=1S/C20H19N3O6/c1-3-29-17-9-12(6-7-16(17)25)18(22-11(2)24)14-10-15(23(27)28)13-5-4-8-21-19(13)20(14)26/h4-10,18,25-26H,3H2,1-2H3,(H,22,24)/t18-/m1/s1. The molecule has 0 spiro atoms. The van der Waals surface area contributed by atoms with Crippen LogP contribution in [0.4, 0.5) is 5.69 Å². The molecule has 1 atom stereocenters. The van der Waals surface area contributed by atoms with Crippen LogP contribution in [0.15, 0.2) is 42.6 Å². The van der Waals surface area contributed by atoms with E-state index in [9.17, 15) is 25.1 Å². The van der Waals surface area contributed by atoms with Gasteiger partial charge in [-0.25, -0.2) is 0 Å². The van der Waals surface area contributed by atoms with Crippen LogP contribution in [0.2, 0.25) is 0 Å². The normalized spacial score (nSPS) is 11.8. The van der Waals surface area contributed by atoms with Gasteiger partial charge in [0.05, 0.1) is 23.0 Å². The number of amides is 1. The van der Waals surface area contributed by atoms with Crippen molar-refractivity contribution in [3.05, 3.63) is 63.8 Å². The summed E-state index contributed by atoms with van der Waals surface area (Å²) < 4.78 is 5.38. The van der Waals surface area contributed by atoms with Crippen LogP contribution in [0.3, 0.4) is 0 Å². The Morgan fingerprint density at radius 1 is 1.31 bits per heavy atom. The van der Waals surface area contributed by atoms with Crippen molar-refractivity contribution in [2.75, 3.05) is 6.61 Å². The molecule has 1 aromatic heterocycles. The summed E-state index contributed by atoms with van der Waals surface area (Å²) in [5.41, 5.74) is 0.364. The van der Waals surface area contributed by atoms with Crippen LogP contribution in [0.1, 0.15) is 31.0 Å². The maximum atomic E-state index is 11.8. The minimum absolute atomic E-state index is 0.0517. The maximum absolute atomic E-state index is 11.8.